The number of likely N-dealkylation sites (N-methyl/N-ethyl adjacent to an activating group) is 1. The van der Waals surface area contributed by atoms with Crippen molar-refractivity contribution in [3.05, 3.63) is 64.3 Å². The van der Waals surface area contributed by atoms with Gasteiger partial charge in [0, 0.05) is 18.7 Å². The van der Waals surface area contributed by atoms with E-state index in [-0.39, 0.29) is 5.91 Å². The molecule has 2 aromatic heterocycles. The summed E-state index contributed by atoms with van der Waals surface area (Å²) in [4.78, 5) is 19.9. The van der Waals surface area contributed by atoms with E-state index in [1.54, 1.807) is 24.3 Å². The van der Waals surface area contributed by atoms with Crippen LogP contribution in [0, 0.1) is 0 Å². The Morgan fingerprint density at radius 2 is 1.88 bits per heavy atom. The lowest BCUT2D eigenvalue weighted by Crippen LogP contribution is -2.27. The maximum absolute atomic E-state index is 13.0. The van der Waals surface area contributed by atoms with Crippen molar-refractivity contribution in [1.29, 1.82) is 0 Å². The highest BCUT2D eigenvalue weighted by Gasteiger charge is 2.17. The smallest absolute Gasteiger partial charge is 0.275 e. The van der Waals surface area contributed by atoms with Gasteiger partial charge in [-0.15, -0.1) is 0 Å². The summed E-state index contributed by atoms with van der Waals surface area (Å²) in [5, 5.41) is 10.9. The van der Waals surface area contributed by atoms with Gasteiger partial charge < -0.3 is 9.47 Å². The molecule has 4 aromatic rings. The number of imidazole rings is 1. The molecule has 0 fully saturated rings. The SMILES string of the molecule is CCN(CC)CCn1c(NC(=O)c2cc(-c3ccc(Cl)c(Cl)c3)n[nH]2)nc2ccccc21. The molecule has 0 atom stereocenters. The third-order valence-electron chi connectivity index (χ3n) is 5.45. The number of hydrogen-bond donors (Lipinski definition) is 2. The van der Waals surface area contributed by atoms with Crippen molar-refractivity contribution in [2.45, 2.75) is 20.4 Å². The number of anilines is 1. The molecule has 2 aromatic carbocycles. The molecule has 9 heteroatoms. The van der Waals surface area contributed by atoms with Crippen molar-refractivity contribution < 1.29 is 4.79 Å². The highest BCUT2D eigenvalue weighted by atomic mass is 35.5. The standard InChI is InChI=1S/C23H24Cl2N6O/c1-3-30(4-2)11-12-31-21-8-6-5-7-18(21)26-23(31)27-22(32)20-14-19(28-29-20)15-9-10-16(24)17(25)13-15/h5-10,13-14H,3-4,11-12H2,1-2H3,(H,28,29)(H,26,27,32). The summed E-state index contributed by atoms with van der Waals surface area (Å²) in [7, 11) is 0. The van der Waals surface area contributed by atoms with Crippen LogP contribution in [0.5, 0.6) is 0 Å². The van der Waals surface area contributed by atoms with Gasteiger partial charge in [0.25, 0.3) is 5.91 Å². The maximum atomic E-state index is 13.0. The molecule has 0 radical (unpaired) electrons. The quantitative estimate of drug-likeness (QED) is 0.364. The summed E-state index contributed by atoms with van der Waals surface area (Å²) in [6.07, 6.45) is 0. The zero-order valence-corrected chi connectivity index (χ0v) is 19.4. The van der Waals surface area contributed by atoms with Crippen LogP contribution < -0.4 is 5.32 Å². The van der Waals surface area contributed by atoms with Crippen molar-refractivity contribution in [3.8, 4) is 11.3 Å². The van der Waals surface area contributed by atoms with Crippen LogP contribution >= 0.6 is 23.2 Å². The van der Waals surface area contributed by atoms with Gasteiger partial charge in [-0.25, -0.2) is 4.98 Å². The first-order valence-corrected chi connectivity index (χ1v) is 11.3. The summed E-state index contributed by atoms with van der Waals surface area (Å²) in [6.45, 7) is 7.80. The maximum Gasteiger partial charge on any atom is 0.275 e. The van der Waals surface area contributed by atoms with E-state index in [4.69, 9.17) is 23.2 Å². The number of carbonyl (C=O) groups is 1. The molecule has 0 spiro atoms. The largest absolute Gasteiger partial charge is 0.309 e. The normalized spacial score (nSPS) is 11.4. The van der Waals surface area contributed by atoms with Crippen LogP contribution in [0.25, 0.3) is 22.3 Å². The van der Waals surface area contributed by atoms with Crippen molar-refractivity contribution in [2.24, 2.45) is 0 Å². The van der Waals surface area contributed by atoms with Crippen molar-refractivity contribution in [1.82, 2.24) is 24.6 Å². The number of aromatic nitrogens is 4. The Balaban J connectivity index is 1.58. The number of nitrogens with one attached hydrogen (secondary N) is 2. The van der Waals surface area contributed by atoms with E-state index in [0.717, 1.165) is 42.8 Å². The number of rotatable bonds is 8. The fraction of sp³-hybridized carbons (Fsp3) is 0.261. The van der Waals surface area contributed by atoms with E-state index in [2.05, 4.69) is 39.2 Å². The Morgan fingerprint density at radius 1 is 1.09 bits per heavy atom. The molecule has 2 heterocycles. The number of nitrogens with zero attached hydrogens (tertiary/aromatic N) is 4. The lowest BCUT2D eigenvalue weighted by Gasteiger charge is -2.19. The first-order chi connectivity index (χ1) is 15.5. The zero-order valence-electron chi connectivity index (χ0n) is 17.9. The van der Waals surface area contributed by atoms with Crippen LogP contribution in [0.1, 0.15) is 24.3 Å². The Labute approximate surface area is 196 Å². The molecule has 0 saturated carbocycles. The minimum atomic E-state index is -0.316. The van der Waals surface area contributed by atoms with Crippen LogP contribution in [0.2, 0.25) is 10.0 Å². The van der Waals surface area contributed by atoms with E-state index in [1.165, 1.54) is 0 Å². The van der Waals surface area contributed by atoms with Crippen molar-refractivity contribution in [2.75, 3.05) is 25.0 Å². The number of benzene rings is 2. The molecule has 0 aliphatic rings. The Bertz CT molecular complexity index is 1240. The first-order valence-electron chi connectivity index (χ1n) is 10.5. The Morgan fingerprint density at radius 3 is 2.62 bits per heavy atom. The minimum absolute atomic E-state index is 0.316. The van der Waals surface area contributed by atoms with Gasteiger partial charge >= 0.3 is 0 Å². The fourth-order valence-corrected chi connectivity index (χ4v) is 3.89. The lowest BCUT2D eigenvalue weighted by molar-refractivity contribution is 0.102. The van der Waals surface area contributed by atoms with E-state index in [9.17, 15) is 4.79 Å². The first kappa shape index (κ1) is 22.3. The average Bonchev–Trinajstić information content (AvgIpc) is 3.42. The highest BCUT2D eigenvalue weighted by Crippen LogP contribution is 2.28. The monoisotopic (exact) mass is 470 g/mol. The van der Waals surface area contributed by atoms with Gasteiger partial charge in [0.15, 0.2) is 0 Å². The van der Waals surface area contributed by atoms with Crippen LogP contribution in [0.3, 0.4) is 0 Å². The molecule has 4 rings (SSSR count). The average molecular weight is 471 g/mol. The number of halogens is 2. The Kier molecular flexibility index (Phi) is 6.79. The number of H-pyrrole nitrogens is 1. The highest BCUT2D eigenvalue weighted by molar-refractivity contribution is 6.42. The van der Waals surface area contributed by atoms with Gasteiger partial charge in [-0.2, -0.15) is 5.10 Å². The van der Waals surface area contributed by atoms with Crippen molar-refractivity contribution >= 4 is 46.1 Å². The molecule has 0 unspecified atom stereocenters. The summed E-state index contributed by atoms with van der Waals surface area (Å²) in [6, 6.07) is 14.8. The molecule has 7 nitrogen and oxygen atoms in total. The van der Waals surface area contributed by atoms with Crippen LogP contribution in [0.15, 0.2) is 48.5 Å². The molecule has 0 bridgehead atoms. The molecule has 166 valence electrons. The van der Waals surface area contributed by atoms with Crippen LogP contribution in [0.4, 0.5) is 5.95 Å². The second-order valence-electron chi connectivity index (χ2n) is 7.35. The molecule has 0 aliphatic heterocycles. The fourth-order valence-electron chi connectivity index (χ4n) is 3.59. The second kappa shape index (κ2) is 9.73. The number of aromatic amines is 1. The molecule has 1 amide bonds. The number of para-hydroxylation sites is 2. The van der Waals surface area contributed by atoms with Crippen LogP contribution in [-0.2, 0) is 6.54 Å². The molecular weight excluding hydrogens is 447 g/mol. The van der Waals surface area contributed by atoms with Gasteiger partial charge in [-0.1, -0.05) is 55.2 Å². The van der Waals surface area contributed by atoms with E-state index < -0.39 is 0 Å². The van der Waals surface area contributed by atoms with Gasteiger partial charge in [-0.05, 0) is 43.4 Å². The van der Waals surface area contributed by atoms with E-state index in [1.807, 2.05) is 28.8 Å². The molecular formula is C23H24Cl2N6O. The third-order valence-corrected chi connectivity index (χ3v) is 6.19. The summed E-state index contributed by atoms with van der Waals surface area (Å²) >= 11 is 12.1. The molecule has 32 heavy (non-hydrogen) atoms. The topological polar surface area (TPSA) is 78.8 Å². The van der Waals surface area contributed by atoms with Crippen LogP contribution in [-0.4, -0.2) is 50.2 Å². The van der Waals surface area contributed by atoms with E-state index >= 15 is 0 Å². The summed E-state index contributed by atoms with van der Waals surface area (Å²) in [5.74, 6) is 0.192. The van der Waals surface area contributed by atoms with Gasteiger partial charge in [0.05, 0.1) is 26.8 Å². The summed E-state index contributed by atoms with van der Waals surface area (Å²) < 4.78 is 2.04. The van der Waals surface area contributed by atoms with Gasteiger partial charge in [0.2, 0.25) is 5.95 Å². The molecule has 0 saturated heterocycles. The van der Waals surface area contributed by atoms with Crippen molar-refractivity contribution in [3.63, 3.8) is 0 Å². The second-order valence-corrected chi connectivity index (χ2v) is 8.17. The predicted molar refractivity (Wildman–Crippen MR) is 130 cm³/mol. The number of hydrogen-bond acceptors (Lipinski definition) is 4. The summed E-state index contributed by atoms with van der Waals surface area (Å²) in [5.41, 5.74) is 3.51. The zero-order chi connectivity index (χ0) is 22.7. The third kappa shape index (κ3) is 4.65. The number of carbonyl (C=O) groups excluding carboxylic acids is 1. The molecule has 2 N–H and O–H groups in total. The van der Waals surface area contributed by atoms with E-state index in [0.29, 0.717) is 27.4 Å². The number of fused-ring (bicyclic) bond motifs is 1. The minimum Gasteiger partial charge on any atom is -0.309 e. The predicted octanol–water partition coefficient (Wildman–Crippen LogP) is 5.33. The van der Waals surface area contributed by atoms with Gasteiger partial charge in [0.1, 0.15) is 5.69 Å². The molecule has 0 aliphatic carbocycles. The lowest BCUT2D eigenvalue weighted by atomic mass is 10.1. The Hall–Kier alpha value is -2.87. The van der Waals surface area contributed by atoms with Gasteiger partial charge in [-0.3, -0.25) is 15.2 Å². The number of amides is 1.